The highest BCUT2D eigenvalue weighted by atomic mass is 35.5. The molecule has 0 saturated heterocycles. The van der Waals surface area contributed by atoms with Gasteiger partial charge in [0.05, 0.1) is 23.3 Å². The number of carbonyl (C=O) groups excluding carboxylic acids is 2. The fraction of sp³-hybridized carbons (Fsp3) is 0.154. The monoisotopic (exact) mass is 561 g/mol. The number of carboxylic acids is 1. The summed E-state index contributed by atoms with van der Waals surface area (Å²) in [4.78, 5) is 37.7. The first-order chi connectivity index (χ1) is 18.0. The maximum atomic E-state index is 14.6. The number of nitriles is 1. The Kier molecular flexibility index (Phi) is 8.88. The minimum Gasteiger partial charge on any atom is -0.497 e. The van der Waals surface area contributed by atoms with Gasteiger partial charge in [0.2, 0.25) is 0 Å². The van der Waals surface area contributed by atoms with E-state index in [9.17, 15) is 28.3 Å². The van der Waals surface area contributed by atoms with E-state index in [1.165, 1.54) is 43.5 Å². The third kappa shape index (κ3) is 6.19. The van der Waals surface area contributed by atoms with Crippen molar-refractivity contribution < 1.29 is 33.0 Å². The molecule has 2 amide bonds. The van der Waals surface area contributed by atoms with Crippen molar-refractivity contribution in [2.75, 3.05) is 14.2 Å². The van der Waals surface area contributed by atoms with Crippen molar-refractivity contribution in [2.45, 2.75) is 12.5 Å². The Morgan fingerprint density at radius 3 is 2.29 bits per heavy atom. The largest absolute Gasteiger partial charge is 0.497 e. The second kappa shape index (κ2) is 11.9. The molecule has 3 aromatic rings. The van der Waals surface area contributed by atoms with Gasteiger partial charge in [-0.2, -0.15) is 5.26 Å². The average molecular weight is 562 g/mol. The number of hydrogen-bond acceptors (Lipinski definition) is 5. The van der Waals surface area contributed by atoms with Crippen LogP contribution in [0.4, 0.5) is 8.78 Å². The number of ether oxygens (including phenoxy) is 1. The Bertz CT molecular complexity index is 1450. The van der Waals surface area contributed by atoms with Crippen LogP contribution >= 0.6 is 23.2 Å². The first-order valence-corrected chi connectivity index (χ1v) is 11.5. The van der Waals surface area contributed by atoms with Crippen LogP contribution in [0.1, 0.15) is 26.3 Å². The molecule has 12 heteroatoms. The molecule has 0 aromatic heterocycles. The molecule has 0 bridgehead atoms. The highest BCUT2D eigenvalue weighted by molar-refractivity contribution is 6.35. The van der Waals surface area contributed by atoms with Gasteiger partial charge in [0.25, 0.3) is 11.8 Å². The molecule has 0 aliphatic heterocycles. The van der Waals surface area contributed by atoms with E-state index in [4.69, 9.17) is 33.2 Å². The van der Waals surface area contributed by atoms with Crippen molar-refractivity contribution in [2.24, 2.45) is 0 Å². The van der Waals surface area contributed by atoms with Gasteiger partial charge in [-0.15, -0.1) is 0 Å². The molecule has 0 saturated carbocycles. The number of carboxylic acid groups (broad SMARTS) is 1. The molecule has 0 heterocycles. The van der Waals surface area contributed by atoms with Gasteiger partial charge in [0, 0.05) is 41.8 Å². The number of hydrogen-bond donors (Lipinski definition) is 2. The number of carbonyl (C=O) groups is 3. The lowest BCUT2D eigenvalue weighted by molar-refractivity contribution is -0.129. The van der Waals surface area contributed by atoms with Gasteiger partial charge in [-0.25, -0.2) is 13.6 Å². The van der Waals surface area contributed by atoms with Crippen LogP contribution in [-0.2, 0) is 11.2 Å². The molecule has 0 fully saturated rings. The van der Waals surface area contributed by atoms with E-state index in [1.807, 2.05) is 0 Å². The molecular weight excluding hydrogens is 543 g/mol. The number of nitrogens with one attached hydrogen (secondary N) is 1. The second-order valence-electron chi connectivity index (χ2n) is 7.99. The van der Waals surface area contributed by atoms with Crippen LogP contribution in [0.15, 0.2) is 48.5 Å². The van der Waals surface area contributed by atoms with Crippen molar-refractivity contribution in [3.63, 3.8) is 0 Å². The third-order valence-electron chi connectivity index (χ3n) is 5.58. The number of benzene rings is 3. The molecule has 3 rings (SSSR count). The van der Waals surface area contributed by atoms with Crippen molar-refractivity contribution >= 4 is 41.0 Å². The summed E-state index contributed by atoms with van der Waals surface area (Å²) in [6.07, 6.45) is 0.985. The normalized spacial score (nSPS) is 11.3. The number of halogens is 4. The zero-order valence-electron chi connectivity index (χ0n) is 19.9. The number of rotatable bonds is 8. The van der Waals surface area contributed by atoms with E-state index >= 15 is 0 Å². The molecule has 0 unspecified atom stereocenters. The van der Waals surface area contributed by atoms with Crippen LogP contribution < -0.4 is 10.1 Å². The molecule has 0 aliphatic carbocycles. The quantitative estimate of drug-likeness (QED) is 0.297. The van der Waals surface area contributed by atoms with E-state index in [0.29, 0.717) is 16.0 Å². The number of nitrogens with zero attached hydrogens (tertiary/aromatic N) is 2. The van der Waals surface area contributed by atoms with Gasteiger partial charge < -0.3 is 15.2 Å². The first-order valence-electron chi connectivity index (χ1n) is 10.8. The van der Waals surface area contributed by atoms with Crippen LogP contribution in [0.25, 0.3) is 11.1 Å². The lowest BCUT2D eigenvalue weighted by Gasteiger charge is -2.21. The van der Waals surface area contributed by atoms with Gasteiger partial charge in [-0.3, -0.25) is 14.5 Å². The molecule has 0 radical (unpaired) electrons. The van der Waals surface area contributed by atoms with Gasteiger partial charge in [-0.1, -0.05) is 29.3 Å². The Labute approximate surface area is 225 Å². The van der Waals surface area contributed by atoms with E-state index in [2.05, 4.69) is 5.32 Å². The maximum absolute atomic E-state index is 14.6. The molecule has 2 N–H and O–H groups in total. The molecule has 0 spiro atoms. The fourth-order valence-electron chi connectivity index (χ4n) is 3.56. The lowest BCUT2D eigenvalue weighted by atomic mass is 10.0. The van der Waals surface area contributed by atoms with Crippen molar-refractivity contribution in [1.82, 2.24) is 10.2 Å². The van der Waals surface area contributed by atoms with E-state index in [-0.39, 0.29) is 26.9 Å². The smallest absolute Gasteiger partial charge is 0.335 e. The summed E-state index contributed by atoms with van der Waals surface area (Å²) in [6, 6.07) is 8.59. The predicted octanol–water partition coefficient (Wildman–Crippen LogP) is 4.93. The van der Waals surface area contributed by atoms with Crippen molar-refractivity contribution in [3.05, 3.63) is 86.9 Å². The minimum atomic E-state index is -1.53. The average Bonchev–Trinajstić information content (AvgIpc) is 2.88. The molecule has 196 valence electrons. The van der Waals surface area contributed by atoms with Gasteiger partial charge in [-0.05, 0) is 35.9 Å². The topological polar surface area (TPSA) is 120 Å². The zero-order valence-corrected chi connectivity index (χ0v) is 21.4. The summed E-state index contributed by atoms with van der Waals surface area (Å²) in [6.45, 7) is 0. The lowest BCUT2D eigenvalue weighted by Crippen LogP contribution is -2.47. The highest BCUT2D eigenvalue weighted by Crippen LogP contribution is 2.32. The summed E-state index contributed by atoms with van der Waals surface area (Å²) in [5.41, 5.74) is 0.177. The van der Waals surface area contributed by atoms with Gasteiger partial charge in [0.1, 0.15) is 23.4 Å². The SMILES string of the molecule is COc1cc(F)c(C[C@H](NC(=O)c2ccc(-c3cc(C(=O)O)ccc3Cl)cc2Cl)C(=O)N(C)C#N)c(F)c1. The summed E-state index contributed by atoms with van der Waals surface area (Å²) >= 11 is 12.5. The Morgan fingerprint density at radius 2 is 1.74 bits per heavy atom. The first kappa shape index (κ1) is 28.4. The summed E-state index contributed by atoms with van der Waals surface area (Å²) in [5.74, 6) is -5.02. The number of amides is 2. The second-order valence-corrected chi connectivity index (χ2v) is 8.81. The molecule has 38 heavy (non-hydrogen) atoms. The third-order valence-corrected chi connectivity index (χ3v) is 6.22. The number of aromatic carboxylic acids is 1. The summed E-state index contributed by atoms with van der Waals surface area (Å²) in [5, 5.41) is 20.9. The minimum absolute atomic E-state index is 0.0108. The Hall–Kier alpha value is -4.20. The van der Waals surface area contributed by atoms with Crippen LogP contribution in [0, 0.1) is 23.1 Å². The molecule has 8 nitrogen and oxygen atoms in total. The van der Waals surface area contributed by atoms with Gasteiger partial charge >= 0.3 is 5.97 Å². The van der Waals surface area contributed by atoms with Crippen molar-refractivity contribution in [3.8, 4) is 23.1 Å². The van der Waals surface area contributed by atoms with Gasteiger partial charge in [0.15, 0.2) is 6.19 Å². The van der Waals surface area contributed by atoms with Crippen LogP contribution in [0.2, 0.25) is 10.0 Å². The van der Waals surface area contributed by atoms with Crippen molar-refractivity contribution in [1.29, 1.82) is 5.26 Å². The van der Waals surface area contributed by atoms with Crippen LogP contribution in [0.3, 0.4) is 0 Å². The molecule has 3 aromatic carbocycles. The Morgan fingerprint density at radius 1 is 1.08 bits per heavy atom. The van der Waals surface area contributed by atoms with Crippen LogP contribution in [0.5, 0.6) is 5.75 Å². The van der Waals surface area contributed by atoms with E-state index in [0.717, 1.165) is 19.2 Å². The number of likely N-dealkylation sites (N-methyl/N-ethyl adjacent to an activating group) is 1. The van der Waals surface area contributed by atoms with E-state index in [1.54, 1.807) is 6.19 Å². The fourth-order valence-corrected chi connectivity index (χ4v) is 4.06. The molecular formula is C26H19Cl2F2N3O5. The summed E-state index contributed by atoms with van der Waals surface area (Å²) in [7, 11) is 2.37. The number of methoxy groups -OCH3 is 1. The zero-order chi connectivity index (χ0) is 28.1. The predicted molar refractivity (Wildman–Crippen MR) is 135 cm³/mol. The molecule has 0 aliphatic rings. The standard InChI is InChI=1S/C26H19Cl2F2N3O5/c1-33(12-31)25(35)23(11-18-21(29)9-15(38-2)10-22(18)30)32-24(34)16-5-3-13(8-20(16)28)17-7-14(26(36)37)4-6-19(17)27/h3-10,23H,11H2,1-2H3,(H,32,34)(H,36,37)/t23-/m0/s1. The summed E-state index contributed by atoms with van der Waals surface area (Å²) < 4.78 is 33.9. The highest BCUT2D eigenvalue weighted by Gasteiger charge is 2.28. The van der Waals surface area contributed by atoms with Crippen LogP contribution in [-0.4, -0.2) is 48.0 Å². The van der Waals surface area contributed by atoms with E-state index < -0.39 is 47.4 Å². The Balaban J connectivity index is 1.93. The molecule has 1 atom stereocenters. The maximum Gasteiger partial charge on any atom is 0.335 e.